The molecule has 0 radical (unpaired) electrons. The van der Waals surface area contributed by atoms with Crippen molar-refractivity contribution < 1.29 is 22.1 Å². The molecular formula is C6H13BrOS. The lowest BCUT2D eigenvalue weighted by molar-refractivity contribution is -0.00000294. The van der Waals surface area contributed by atoms with Crippen molar-refractivity contribution in [2.24, 2.45) is 0 Å². The molecule has 0 rings (SSSR count). The standard InChI is InChI=1S/C6H13OS.BrH/c1-3-5-8(2)6-4-7;/h3,7H,1,4-6H2,2H3;1H/q+1;/p-1. The molecule has 0 fully saturated rings. The zero-order valence-electron chi connectivity index (χ0n) is 5.64. The lowest BCUT2D eigenvalue weighted by Gasteiger charge is -1.94. The highest BCUT2D eigenvalue weighted by Gasteiger charge is 2.04. The van der Waals surface area contributed by atoms with Gasteiger partial charge in [-0.1, -0.05) is 6.58 Å². The van der Waals surface area contributed by atoms with Gasteiger partial charge in [-0.2, -0.15) is 0 Å². The van der Waals surface area contributed by atoms with E-state index in [0.717, 1.165) is 11.5 Å². The molecule has 1 unspecified atom stereocenters. The van der Waals surface area contributed by atoms with Crippen LogP contribution in [0.5, 0.6) is 0 Å². The quantitative estimate of drug-likeness (QED) is 0.401. The van der Waals surface area contributed by atoms with Crippen molar-refractivity contribution in [1.82, 2.24) is 0 Å². The second-order valence-corrected chi connectivity index (χ2v) is 3.97. The van der Waals surface area contributed by atoms with Crippen molar-refractivity contribution in [2.75, 3.05) is 24.4 Å². The third kappa shape index (κ3) is 8.53. The maximum atomic E-state index is 8.44. The number of hydrogen-bond acceptors (Lipinski definition) is 1. The summed E-state index contributed by atoms with van der Waals surface area (Å²) >= 11 is 0. The summed E-state index contributed by atoms with van der Waals surface area (Å²) in [6, 6.07) is 0. The molecule has 1 N–H and O–H groups in total. The molecule has 3 heteroatoms. The monoisotopic (exact) mass is 212 g/mol. The Bertz CT molecular complexity index is 68.1. The second kappa shape index (κ2) is 8.53. The van der Waals surface area contributed by atoms with Crippen molar-refractivity contribution in [3.8, 4) is 0 Å². The fourth-order valence-electron chi connectivity index (χ4n) is 0.440. The summed E-state index contributed by atoms with van der Waals surface area (Å²) in [6.07, 6.45) is 4.04. The Morgan fingerprint density at radius 3 is 2.56 bits per heavy atom. The average molecular weight is 213 g/mol. The zero-order valence-corrected chi connectivity index (χ0v) is 8.04. The summed E-state index contributed by atoms with van der Waals surface area (Å²) in [7, 11) is 0.362. The number of aliphatic hydroxyl groups is 1. The van der Waals surface area contributed by atoms with Gasteiger partial charge in [0.05, 0.1) is 12.9 Å². The van der Waals surface area contributed by atoms with Crippen LogP contribution in [0.15, 0.2) is 12.7 Å². The Balaban J connectivity index is 0. The van der Waals surface area contributed by atoms with E-state index in [2.05, 4.69) is 12.8 Å². The van der Waals surface area contributed by atoms with Crippen molar-refractivity contribution >= 4 is 10.9 Å². The minimum Gasteiger partial charge on any atom is -1.00 e. The van der Waals surface area contributed by atoms with Crippen LogP contribution >= 0.6 is 0 Å². The van der Waals surface area contributed by atoms with Gasteiger partial charge in [-0.15, -0.1) is 0 Å². The summed E-state index contributed by atoms with van der Waals surface area (Å²) in [6.45, 7) is 3.92. The Kier molecular flexibility index (Phi) is 11.6. The molecule has 0 bridgehead atoms. The van der Waals surface area contributed by atoms with Gasteiger partial charge in [-0.25, -0.2) is 0 Å². The molecule has 0 amide bonds. The molecule has 0 aromatic heterocycles. The van der Waals surface area contributed by atoms with Gasteiger partial charge in [0.2, 0.25) is 0 Å². The van der Waals surface area contributed by atoms with E-state index in [1.807, 2.05) is 6.08 Å². The van der Waals surface area contributed by atoms with E-state index in [1.54, 1.807) is 0 Å². The first kappa shape index (κ1) is 12.2. The van der Waals surface area contributed by atoms with Gasteiger partial charge in [0, 0.05) is 0 Å². The normalized spacial score (nSPS) is 11.8. The fourth-order valence-corrected chi connectivity index (χ4v) is 1.32. The van der Waals surface area contributed by atoms with Crippen LogP contribution in [0.2, 0.25) is 0 Å². The molecule has 0 aliphatic heterocycles. The second-order valence-electron chi connectivity index (χ2n) is 1.66. The van der Waals surface area contributed by atoms with Gasteiger partial charge in [0.25, 0.3) is 0 Å². The van der Waals surface area contributed by atoms with Gasteiger partial charge < -0.3 is 22.1 Å². The molecule has 0 heterocycles. The average Bonchev–Trinajstić information content (AvgIpc) is 1.68. The van der Waals surface area contributed by atoms with E-state index in [4.69, 9.17) is 5.11 Å². The van der Waals surface area contributed by atoms with E-state index < -0.39 is 0 Å². The van der Waals surface area contributed by atoms with Gasteiger partial charge in [0.15, 0.2) is 0 Å². The van der Waals surface area contributed by atoms with Crippen LogP contribution in [0.3, 0.4) is 0 Å². The Hall–Kier alpha value is 0.530. The van der Waals surface area contributed by atoms with Crippen molar-refractivity contribution in [3.63, 3.8) is 0 Å². The third-order valence-corrected chi connectivity index (χ3v) is 2.53. The number of aliphatic hydroxyl groups excluding tert-OH is 1. The molecule has 56 valence electrons. The first-order valence-electron chi connectivity index (χ1n) is 2.62. The van der Waals surface area contributed by atoms with E-state index in [0.29, 0.717) is 17.5 Å². The topological polar surface area (TPSA) is 20.2 Å². The molecule has 9 heavy (non-hydrogen) atoms. The summed E-state index contributed by atoms with van der Waals surface area (Å²) < 4.78 is 0. The zero-order chi connectivity index (χ0) is 6.41. The molecule has 0 aliphatic carbocycles. The van der Waals surface area contributed by atoms with Crippen LogP contribution in [-0.4, -0.2) is 29.5 Å². The molecule has 1 nitrogen and oxygen atoms in total. The first-order valence-corrected chi connectivity index (χ1v) is 4.59. The molecule has 0 spiro atoms. The highest BCUT2D eigenvalue weighted by Crippen LogP contribution is 1.88. The SMILES string of the molecule is C=CC[S+](C)CCO.[Br-]. The smallest absolute Gasteiger partial charge is 0.131 e. The molecule has 0 saturated carbocycles. The van der Waals surface area contributed by atoms with E-state index in [-0.39, 0.29) is 17.0 Å². The Labute approximate surface area is 70.3 Å². The lowest BCUT2D eigenvalue weighted by Crippen LogP contribution is -3.00. The van der Waals surface area contributed by atoms with Crippen molar-refractivity contribution in [1.29, 1.82) is 0 Å². The van der Waals surface area contributed by atoms with Crippen LogP contribution in [0, 0.1) is 0 Å². The fraction of sp³-hybridized carbons (Fsp3) is 0.667. The van der Waals surface area contributed by atoms with Gasteiger partial charge in [-0.05, 0) is 17.0 Å². The molecule has 0 aliphatic rings. The van der Waals surface area contributed by atoms with Gasteiger partial charge in [-0.3, -0.25) is 0 Å². The number of hydrogen-bond donors (Lipinski definition) is 1. The molecule has 0 aromatic rings. The van der Waals surface area contributed by atoms with E-state index in [1.165, 1.54) is 0 Å². The largest absolute Gasteiger partial charge is 1.00 e. The summed E-state index contributed by atoms with van der Waals surface area (Å²) in [5.74, 6) is 1.96. The highest BCUT2D eigenvalue weighted by atomic mass is 79.9. The van der Waals surface area contributed by atoms with Crippen molar-refractivity contribution in [2.45, 2.75) is 0 Å². The van der Waals surface area contributed by atoms with Crippen LogP contribution < -0.4 is 17.0 Å². The van der Waals surface area contributed by atoms with Crippen LogP contribution in [-0.2, 0) is 10.9 Å². The van der Waals surface area contributed by atoms with Crippen LogP contribution in [0.4, 0.5) is 0 Å². The van der Waals surface area contributed by atoms with Crippen LogP contribution in [0.25, 0.3) is 0 Å². The maximum Gasteiger partial charge on any atom is 0.131 e. The van der Waals surface area contributed by atoms with Gasteiger partial charge in [0.1, 0.15) is 11.5 Å². The Morgan fingerprint density at radius 2 is 2.22 bits per heavy atom. The predicted molar refractivity (Wildman–Crippen MR) is 40.3 cm³/mol. The summed E-state index contributed by atoms with van der Waals surface area (Å²) in [4.78, 5) is 0. The number of halogens is 1. The highest BCUT2D eigenvalue weighted by molar-refractivity contribution is 7.96. The lowest BCUT2D eigenvalue weighted by atomic mass is 10.8. The summed E-state index contributed by atoms with van der Waals surface area (Å²) in [5.41, 5.74) is 0. The van der Waals surface area contributed by atoms with E-state index in [9.17, 15) is 0 Å². The minimum absolute atomic E-state index is 0. The number of rotatable bonds is 4. The van der Waals surface area contributed by atoms with Gasteiger partial charge >= 0.3 is 0 Å². The minimum atomic E-state index is 0. The van der Waals surface area contributed by atoms with Crippen LogP contribution in [0.1, 0.15) is 0 Å². The third-order valence-electron chi connectivity index (χ3n) is 0.842. The maximum absolute atomic E-state index is 8.44. The van der Waals surface area contributed by atoms with E-state index >= 15 is 0 Å². The molecule has 0 saturated heterocycles. The molecule has 1 atom stereocenters. The molecule has 0 aromatic carbocycles. The Morgan fingerprint density at radius 1 is 1.67 bits per heavy atom. The van der Waals surface area contributed by atoms with Crippen molar-refractivity contribution in [3.05, 3.63) is 12.7 Å². The predicted octanol–water partition coefficient (Wildman–Crippen LogP) is -2.58. The molecular weight excluding hydrogens is 200 g/mol. The first-order chi connectivity index (χ1) is 3.81. The summed E-state index contributed by atoms with van der Waals surface area (Å²) in [5, 5.41) is 8.44.